The molecule has 4 nitrogen and oxygen atoms in total. The zero-order chi connectivity index (χ0) is 17.2. The van der Waals surface area contributed by atoms with Crippen LogP contribution in [0, 0.1) is 0 Å². The van der Waals surface area contributed by atoms with E-state index in [1.165, 1.54) is 0 Å². The molecule has 2 aliphatic rings. The predicted molar refractivity (Wildman–Crippen MR) is 96.7 cm³/mol. The van der Waals surface area contributed by atoms with Gasteiger partial charge in [-0.3, -0.25) is 4.79 Å². The lowest BCUT2D eigenvalue weighted by Gasteiger charge is -2.24. The number of ether oxygens (including phenoxy) is 2. The molecule has 2 heterocycles. The predicted octanol–water partition coefficient (Wildman–Crippen LogP) is 4.45. The molecule has 0 N–H and O–H groups in total. The average molecular weight is 356 g/mol. The van der Waals surface area contributed by atoms with Crippen molar-refractivity contribution in [1.82, 2.24) is 4.90 Å². The molecule has 2 aliphatic heterocycles. The van der Waals surface area contributed by atoms with Crippen molar-refractivity contribution in [3.63, 3.8) is 0 Å². The van der Waals surface area contributed by atoms with Crippen molar-refractivity contribution in [2.45, 2.75) is 18.9 Å². The van der Waals surface area contributed by atoms with Gasteiger partial charge in [-0.1, -0.05) is 29.8 Å². The molecule has 1 unspecified atom stereocenters. The van der Waals surface area contributed by atoms with Crippen molar-refractivity contribution in [3.8, 4) is 11.5 Å². The number of rotatable bonds is 3. The van der Waals surface area contributed by atoms with Crippen molar-refractivity contribution < 1.29 is 14.3 Å². The topological polar surface area (TPSA) is 38.8 Å². The van der Waals surface area contributed by atoms with Crippen molar-refractivity contribution in [2.75, 3.05) is 13.3 Å². The maximum atomic E-state index is 12.7. The molecule has 2 aromatic carbocycles. The molecule has 0 saturated carbocycles. The molecule has 25 heavy (non-hydrogen) atoms. The molecule has 0 aromatic heterocycles. The number of hydrogen-bond donors (Lipinski definition) is 0. The summed E-state index contributed by atoms with van der Waals surface area (Å²) in [7, 11) is 0. The summed E-state index contributed by atoms with van der Waals surface area (Å²) in [4.78, 5) is 14.6. The molecule has 2 aromatic rings. The highest BCUT2D eigenvalue weighted by Gasteiger charge is 2.28. The quantitative estimate of drug-likeness (QED) is 0.764. The molecule has 1 amide bonds. The SMILES string of the molecule is O=C(C=Cc1ccc2c(c1)OCO2)N1CCCC1c1ccc(Cl)cc1. The first kappa shape index (κ1) is 16.0. The number of halogens is 1. The summed E-state index contributed by atoms with van der Waals surface area (Å²) >= 11 is 5.96. The van der Waals surface area contributed by atoms with Crippen LogP contribution in [-0.4, -0.2) is 24.1 Å². The van der Waals surface area contributed by atoms with E-state index in [2.05, 4.69) is 0 Å². The molecule has 0 radical (unpaired) electrons. The van der Waals surface area contributed by atoms with E-state index in [9.17, 15) is 4.79 Å². The minimum Gasteiger partial charge on any atom is -0.454 e. The molecular weight excluding hydrogens is 338 g/mol. The Bertz CT molecular complexity index is 816. The van der Waals surface area contributed by atoms with Crippen LogP contribution in [0.3, 0.4) is 0 Å². The smallest absolute Gasteiger partial charge is 0.247 e. The number of benzene rings is 2. The highest BCUT2D eigenvalue weighted by molar-refractivity contribution is 6.30. The van der Waals surface area contributed by atoms with Crippen molar-refractivity contribution in [3.05, 3.63) is 64.7 Å². The fourth-order valence-corrected chi connectivity index (χ4v) is 3.47. The second-order valence-electron chi connectivity index (χ2n) is 6.19. The van der Waals surface area contributed by atoms with Gasteiger partial charge in [0.25, 0.3) is 0 Å². The highest BCUT2D eigenvalue weighted by atomic mass is 35.5. The molecule has 5 heteroatoms. The zero-order valence-electron chi connectivity index (χ0n) is 13.7. The third-order valence-electron chi connectivity index (χ3n) is 4.61. The van der Waals surface area contributed by atoms with Crippen molar-refractivity contribution >= 4 is 23.6 Å². The van der Waals surface area contributed by atoms with Gasteiger partial charge in [0.2, 0.25) is 12.7 Å². The molecular formula is C20H18ClNO3. The summed E-state index contributed by atoms with van der Waals surface area (Å²) < 4.78 is 10.7. The van der Waals surface area contributed by atoms with E-state index < -0.39 is 0 Å². The number of hydrogen-bond acceptors (Lipinski definition) is 3. The minimum atomic E-state index is 0.0233. The van der Waals surface area contributed by atoms with Gasteiger partial charge in [0.1, 0.15) is 0 Å². The first-order valence-electron chi connectivity index (χ1n) is 8.34. The summed E-state index contributed by atoms with van der Waals surface area (Å²) in [6.45, 7) is 1.02. The molecule has 1 fully saturated rings. The van der Waals surface area contributed by atoms with Crippen LogP contribution >= 0.6 is 11.6 Å². The third-order valence-corrected chi connectivity index (χ3v) is 4.86. The van der Waals surface area contributed by atoms with Crippen LogP contribution in [0.4, 0.5) is 0 Å². The second kappa shape index (κ2) is 6.81. The monoisotopic (exact) mass is 355 g/mol. The number of nitrogens with zero attached hydrogens (tertiary/aromatic N) is 1. The Morgan fingerprint density at radius 1 is 1.12 bits per heavy atom. The Balaban J connectivity index is 1.49. The Labute approximate surface area is 151 Å². The highest BCUT2D eigenvalue weighted by Crippen LogP contribution is 2.34. The summed E-state index contributed by atoms with van der Waals surface area (Å²) in [5.74, 6) is 1.48. The van der Waals surface area contributed by atoms with Crippen LogP contribution in [0.1, 0.15) is 30.0 Å². The van der Waals surface area contributed by atoms with Crippen LogP contribution < -0.4 is 9.47 Å². The van der Waals surface area contributed by atoms with E-state index >= 15 is 0 Å². The molecule has 1 atom stereocenters. The lowest BCUT2D eigenvalue weighted by molar-refractivity contribution is -0.126. The summed E-state index contributed by atoms with van der Waals surface area (Å²) in [6, 6.07) is 13.5. The molecule has 0 aliphatic carbocycles. The third kappa shape index (κ3) is 3.35. The largest absolute Gasteiger partial charge is 0.454 e. The maximum Gasteiger partial charge on any atom is 0.247 e. The number of amides is 1. The second-order valence-corrected chi connectivity index (χ2v) is 6.62. The fourth-order valence-electron chi connectivity index (χ4n) is 3.34. The van der Waals surface area contributed by atoms with E-state index in [1.54, 1.807) is 6.08 Å². The van der Waals surface area contributed by atoms with E-state index in [0.29, 0.717) is 5.02 Å². The van der Waals surface area contributed by atoms with E-state index in [1.807, 2.05) is 53.4 Å². The lowest BCUT2D eigenvalue weighted by Crippen LogP contribution is -2.28. The first-order valence-corrected chi connectivity index (χ1v) is 8.72. The van der Waals surface area contributed by atoms with Gasteiger partial charge in [-0.15, -0.1) is 0 Å². The van der Waals surface area contributed by atoms with Gasteiger partial charge >= 0.3 is 0 Å². The van der Waals surface area contributed by atoms with Gasteiger partial charge in [-0.25, -0.2) is 0 Å². The molecule has 4 rings (SSSR count). The number of carbonyl (C=O) groups is 1. The van der Waals surface area contributed by atoms with Gasteiger partial charge in [0.15, 0.2) is 11.5 Å². The van der Waals surface area contributed by atoms with E-state index in [0.717, 1.165) is 42.0 Å². The average Bonchev–Trinajstić information content (AvgIpc) is 3.29. The molecule has 0 bridgehead atoms. The van der Waals surface area contributed by atoms with Gasteiger partial charge in [0, 0.05) is 17.6 Å². The molecule has 1 saturated heterocycles. The number of carbonyl (C=O) groups excluding carboxylic acids is 1. The fraction of sp³-hybridized carbons (Fsp3) is 0.250. The van der Waals surface area contributed by atoms with Crippen LogP contribution in [0.25, 0.3) is 6.08 Å². The standard InChI is InChI=1S/C20H18ClNO3/c21-16-7-5-15(6-8-16)17-2-1-11-22(17)20(23)10-4-14-3-9-18-19(12-14)25-13-24-18/h3-10,12,17H,1-2,11,13H2. The van der Waals surface area contributed by atoms with E-state index in [-0.39, 0.29) is 18.7 Å². The zero-order valence-corrected chi connectivity index (χ0v) is 14.4. The van der Waals surface area contributed by atoms with Crippen molar-refractivity contribution in [2.24, 2.45) is 0 Å². The van der Waals surface area contributed by atoms with Gasteiger partial charge in [-0.2, -0.15) is 0 Å². The summed E-state index contributed by atoms with van der Waals surface area (Å²) in [5.41, 5.74) is 2.05. The van der Waals surface area contributed by atoms with Crippen LogP contribution in [0.5, 0.6) is 11.5 Å². The Morgan fingerprint density at radius 2 is 1.92 bits per heavy atom. The van der Waals surface area contributed by atoms with Crippen LogP contribution in [-0.2, 0) is 4.79 Å². The Hall–Kier alpha value is -2.46. The molecule has 128 valence electrons. The van der Waals surface area contributed by atoms with Gasteiger partial charge < -0.3 is 14.4 Å². The molecule has 0 spiro atoms. The van der Waals surface area contributed by atoms with Crippen LogP contribution in [0.2, 0.25) is 5.02 Å². The summed E-state index contributed by atoms with van der Waals surface area (Å²) in [5, 5.41) is 0.710. The van der Waals surface area contributed by atoms with E-state index in [4.69, 9.17) is 21.1 Å². The minimum absolute atomic E-state index is 0.0233. The lowest BCUT2D eigenvalue weighted by atomic mass is 10.0. The normalized spacial score (nSPS) is 18.9. The van der Waals surface area contributed by atoms with Crippen molar-refractivity contribution in [1.29, 1.82) is 0 Å². The van der Waals surface area contributed by atoms with Gasteiger partial charge in [0.05, 0.1) is 6.04 Å². The Morgan fingerprint density at radius 3 is 2.76 bits per heavy atom. The van der Waals surface area contributed by atoms with Gasteiger partial charge in [-0.05, 0) is 54.3 Å². The first-order chi connectivity index (χ1) is 12.2. The van der Waals surface area contributed by atoms with Crippen LogP contribution in [0.15, 0.2) is 48.5 Å². The Kier molecular flexibility index (Phi) is 4.36. The summed E-state index contributed by atoms with van der Waals surface area (Å²) in [6.07, 6.45) is 5.44. The number of fused-ring (bicyclic) bond motifs is 1. The maximum absolute atomic E-state index is 12.7. The number of likely N-dealkylation sites (tertiary alicyclic amines) is 1.